The van der Waals surface area contributed by atoms with Crippen LogP contribution in [-0.4, -0.2) is 45.5 Å². The highest BCUT2D eigenvalue weighted by atomic mass is 32.2. The van der Waals surface area contributed by atoms with Gasteiger partial charge in [-0.3, -0.25) is 0 Å². The SMILES string of the molecule is CN1[C@@H](Cc2ccccc2)COc2cc(N3CCCC3)ccc2S1(=O)=O. The number of anilines is 1. The molecule has 0 unspecified atom stereocenters. The first-order chi connectivity index (χ1) is 12.6. The van der Waals surface area contributed by atoms with Crippen LogP contribution in [0.2, 0.25) is 0 Å². The first kappa shape index (κ1) is 17.4. The Bertz CT molecular complexity index is 877. The van der Waals surface area contributed by atoms with Crippen LogP contribution in [0.15, 0.2) is 53.4 Å². The van der Waals surface area contributed by atoms with E-state index in [4.69, 9.17) is 4.74 Å². The first-order valence-electron chi connectivity index (χ1n) is 9.09. The third-order valence-electron chi connectivity index (χ3n) is 5.32. The van der Waals surface area contributed by atoms with E-state index in [1.54, 1.807) is 13.1 Å². The Morgan fingerprint density at radius 2 is 1.81 bits per heavy atom. The predicted octanol–water partition coefficient (Wildman–Crippen LogP) is 2.91. The minimum absolute atomic E-state index is 0.231. The molecule has 1 fully saturated rings. The summed E-state index contributed by atoms with van der Waals surface area (Å²) in [6.45, 7) is 2.38. The summed E-state index contributed by atoms with van der Waals surface area (Å²) in [6.07, 6.45) is 2.99. The Labute approximate surface area is 155 Å². The number of sulfonamides is 1. The third kappa shape index (κ3) is 3.19. The molecule has 0 aliphatic carbocycles. The van der Waals surface area contributed by atoms with E-state index in [0.29, 0.717) is 18.8 Å². The largest absolute Gasteiger partial charge is 0.490 e. The molecule has 4 rings (SSSR count). The molecule has 0 radical (unpaired) electrons. The number of ether oxygens (including phenoxy) is 1. The molecule has 0 amide bonds. The summed E-state index contributed by atoms with van der Waals surface area (Å²) in [5, 5.41) is 0. The molecule has 1 atom stereocenters. The van der Waals surface area contributed by atoms with Crippen molar-refractivity contribution in [3.63, 3.8) is 0 Å². The molecule has 5 nitrogen and oxygen atoms in total. The number of likely N-dealkylation sites (N-methyl/N-ethyl adjacent to an activating group) is 1. The van der Waals surface area contributed by atoms with Gasteiger partial charge in [-0.05, 0) is 37.0 Å². The number of rotatable bonds is 3. The van der Waals surface area contributed by atoms with E-state index in [2.05, 4.69) is 4.90 Å². The van der Waals surface area contributed by atoms with Crippen molar-refractivity contribution in [1.82, 2.24) is 4.31 Å². The summed E-state index contributed by atoms with van der Waals surface area (Å²) >= 11 is 0. The van der Waals surface area contributed by atoms with E-state index in [-0.39, 0.29) is 10.9 Å². The van der Waals surface area contributed by atoms with Gasteiger partial charge in [-0.2, -0.15) is 4.31 Å². The summed E-state index contributed by atoms with van der Waals surface area (Å²) in [5.41, 5.74) is 2.15. The molecule has 0 spiro atoms. The van der Waals surface area contributed by atoms with Gasteiger partial charge in [0.05, 0.1) is 6.04 Å². The van der Waals surface area contributed by atoms with Gasteiger partial charge in [-0.25, -0.2) is 8.42 Å². The lowest BCUT2D eigenvalue weighted by Gasteiger charge is -2.24. The lowest BCUT2D eigenvalue weighted by atomic mass is 10.1. The molecule has 0 N–H and O–H groups in total. The van der Waals surface area contributed by atoms with Gasteiger partial charge in [-0.15, -0.1) is 0 Å². The summed E-state index contributed by atoms with van der Waals surface area (Å²) < 4.78 is 33.6. The smallest absolute Gasteiger partial charge is 0.246 e. The molecule has 0 bridgehead atoms. The molecule has 6 heteroatoms. The van der Waals surface area contributed by atoms with Crippen molar-refractivity contribution in [1.29, 1.82) is 0 Å². The number of fused-ring (bicyclic) bond motifs is 1. The standard InChI is InChI=1S/C20H24N2O3S/c1-21-18(13-16-7-3-2-4-8-16)15-25-19-14-17(22-11-5-6-12-22)9-10-20(19)26(21,23)24/h2-4,7-10,14,18H,5-6,11-13,15H2,1H3/t18-/m0/s1. The van der Waals surface area contributed by atoms with Crippen LogP contribution in [0.3, 0.4) is 0 Å². The van der Waals surface area contributed by atoms with Crippen molar-refractivity contribution in [2.24, 2.45) is 0 Å². The Morgan fingerprint density at radius 1 is 1.08 bits per heavy atom. The van der Waals surface area contributed by atoms with Gasteiger partial charge in [-0.1, -0.05) is 30.3 Å². The Morgan fingerprint density at radius 3 is 2.54 bits per heavy atom. The van der Waals surface area contributed by atoms with Crippen LogP contribution in [0.25, 0.3) is 0 Å². The summed E-state index contributed by atoms with van der Waals surface area (Å²) in [6, 6.07) is 15.2. The van der Waals surface area contributed by atoms with Crippen LogP contribution < -0.4 is 9.64 Å². The fourth-order valence-corrected chi connectivity index (χ4v) is 5.16. The lowest BCUT2D eigenvalue weighted by Crippen LogP contribution is -2.40. The Hall–Kier alpha value is -2.05. The van der Waals surface area contributed by atoms with Crippen LogP contribution in [0.1, 0.15) is 18.4 Å². The van der Waals surface area contributed by atoms with Gasteiger partial charge in [0.1, 0.15) is 17.3 Å². The second-order valence-electron chi connectivity index (χ2n) is 7.00. The van der Waals surface area contributed by atoms with Crippen LogP contribution in [0, 0.1) is 0 Å². The maximum atomic E-state index is 13.1. The number of nitrogens with zero attached hydrogens (tertiary/aromatic N) is 2. The maximum absolute atomic E-state index is 13.1. The van der Waals surface area contributed by atoms with Crippen molar-refractivity contribution in [2.75, 3.05) is 31.6 Å². The van der Waals surface area contributed by atoms with Gasteiger partial charge < -0.3 is 9.64 Å². The van der Waals surface area contributed by atoms with Gasteiger partial charge in [0.2, 0.25) is 10.0 Å². The van der Waals surface area contributed by atoms with Crippen LogP contribution in [0.4, 0.5) is 5.69 Å². The van der Waals surface area contributed by atoms with Gasteiger partial charge in [0, 0.05) is 31.9 Å². The molecule has 2 aliphatic rings. The summed E-state index contributed by atoms with van der Waals surface area (Å²) in [5.74, 6) is 0.469. The lowest BCUT2D eigenvalue weighted by molar-refractivity contribution is 0.228. The molecule has 1 saturated heterocycles. The number of hydrogen-bond donors (Lipinski definition) is 0. The normalized spacial score (nSPS) is 22.5. The molecule has 0 aromatic heterocycles. The zero-order valence-corrected chi connectivity index (χ0v) is 15.8. The molecular weight excluding hydrogens is 348 g/mol. The van der Waals surface area contributed by atoms with Gasteiger partial charge in [0.15, 0.2) is 0 Å². The van der Waals surface area contributed by atoms with E-state index in [1.165, 1.54) is 17.1 Å². The zero-order chi connectivity index (χ0) is 18.1. The average molecular weight is 372 g/mol. The fourth-order valence-electron chi connectivity index (χ4n) is 3.71. The van der Waals surface area contributed by atoms with E-state index in [1.807, 2.05) is 42.5 Å². The predicted molar refractivity (Wildman–Crippen MR) is 102 cm³/mol. The number of benzene rings is 2. The van der Waals surface area contributed by atoms with Gasteiger partial charge >= 0.3 is 0 Å². The van der Waals surface area contributed by atoms with Crippen molar-refractivity contribution in [3.8, 4) is 5.75 Å². The molecule has 138 valence electrons. The van der Waals surface area contributed by atoms with Crippen molar-refractivity contribution >= 4 is 15.7 Å². The second-order valence-corrected chi connectivity index (χ2v) is 8.97. The minimum Gasteiger partial charge on any atom is -0.490 e. The molecule has 2 aromatic carbocycles. The van der Waals surface area contributed by atoms with Crippen LogP contribution in [-0.2, 0) is 16.4 Å². The molecule has 2 aliphatic heterocycles. The van der Waals surface area contributed by atoms with E-state index >= 15 is 0 Å². The topological polar surface area (TPSA) is 49.9 Å². The molecule has 2 aromatic rings. The quantitative estimate of drug-likeness (QED) is 0.831. The second kappa shape index (κ2) is 6.93. The molecular formula is C20H24N2O3S. The molecule has 0 saturated carbocycles. The Kier molecular flexibility index (Phi) is 4.63. The summed E-state index contributed by atoms with van der Waals surface area (Å²) in [4.78, 5) is 2.55. The summed E-state index contributed by atoms with van der Waals surface area (Å²) in [7, 11) is -1.93. The highest BCUT2D eigenvalue weighted by Gasteiger charge is 2.34. The minimum atomic E-state index is -3.58. The maximum Gasteiger partial charge on any atom is 0.246 e. The van der Waals surface area contributed by atoms with Crippen molar-refractivity contribution < 1.29 is 13.2 Å². The first-order valence-corrected chi connectivity index (χ1v) is 10.5. The zero-order valence-electron chi connectivity index (χ0n) is 15.0. The van der Waals surface area contributed by atoms with E-state index in [9.17, 15) is 8.42 Å². The monoisotopic (exact) mass is 372 g/mol. The fraction of sp³-hybridized carbons (Fsp3) is 0.400. The van der Waals surface area contributed by atoms with Crippen molar-refractivity contribution in [2.45, 2.75) is 30.2 Å². The van der Waals surface area contributed by atoms with Crippen LogP contribution in [0.5, 0.6) is 5.75 Å². The highest BCUT2D eigenvalue weighted by molar-refractivity contribution is 7.89. The molecule has 2 heterocycles. The highest BCUT2D eigenvalue weighted by Crippen LogP contribution is 2.35. The average Bonchev–Trinajstić information content (AvgIpc) is 3.17. The number of hydrogen-bond acceptors (Lipinski definition) is 4. The van der Waals surface area contributed by atoms with E-state index < -0.39 is 10.0 Å². The van der Waals surface area contributed by atoms with Crippen molar-refractivity contribution in [3.05, 3.63) is 54.1 Å². The molecule has 26 heavy (non-hydrogen) atoms. The van der Waals surface area contributed by atoms with E-state index in [0.717, 1.165) is 24.3 Å². The Balaban J connectivity index is 1.64. The van der Waals surface area contributed by atoms with Gasteiger partial charge in [0.25, 0.3) is 0 Å². The third-order valence-corrected chi connectivity index (χ3v) is 7.26. The van der Waals surface area contributed by atoms with Crippen LogP contribution >= 0.6 is 0 Å².